The zero-order valence-electron chi connectivity index (χ0n) is 14.1. The summed E-state index contributed by atoms with van der Waals surface area (Å²) in [6.07, 6.45) is 1.42. The molecule has 0 aliphatic heterocycles. The number of para-hydroxylation sites is 1. The van der Waals surface area contributed by atoms with E-state index in [1.165, 1.54) is 24.6 Å². The van der Waals surface area contributed by atoms with Crippen LogP contribution in [0.2, 0.25) is 0 Å². The lowest BCUT2D eigenvalue weighted by Crippen LogP contribution is -2.12. The highest BCUT2D eigenvalue weighted by Gasteiger charge is 2.14. The van der Waals surface area contributed by atoms with E-state index in [9.17, 15) is 9.59 Å². The molecule has 1 aromatic carbocycles. The second-order valence-corrected chi connectivity index (χ2v) is 6.42. The molecule has 3 aromatic heterocycles. The number of nitrogens with one attached hydrogen (secondary N) is 1. The number of nitrogens with zero attached hydrogens (tertiary/aromatic N) is 2. The number of aromatic nitrogens is 2. The Hall–Kier alpha value is -3.52. The number of methoxy groups -OCH3 is 1. The highest BCUT2D eigenvalue weighted by molar-refractivity contribution is 7.14. The van der Waals surface area contributed by atoms with Gasteiger partial charge in [0.1, 0.15) is 5.58 Å². The highest BCUT2D eigenvalue weighted by atomic mass is 32.1. The van der Waals surface area contributed by atoms with Gasteiger partial charge in [-0.15, -0.1) is 11.3 Å². The molecule has 0 unspecified atom stereocenters. The van der Waals surface area contributed by atoms with E-state index in [-0.39, 0.29) is 5.91 Å². The Bertz CT molecular complexity index is 1180. The van der Waals surface area contributed by atoms with E-state index in [1.54, 1.807) is 35.7 Å². The molecule has 4 aromatic rings. The molecule has 0 aliphatic carbocycles. The molecule has 0 atom stereocenters. The maximum absolute atomic E-state index is 12.3. The van der Waals surface area contributed by atoms with E-state index in [4.69, 9.17) is 9.15 Å². The molecule has 27 heavy (non-hydrogen) atoms. The van der Waals surface area contributed by atoms with Crippen LogP contribution in [0.5, 0.6) is 5.88 Å². The fraction of sp³-hybridized carbons (Fsp3) is 0.0526. The first-order valence-corrected chi connectivity index (χ1v) is 8.82. The standard InChI is InChI=1S/C19H13N3O4S/c1-25-16-7-6-12(9-20-16)17(23)22-19-21-14(10-27-19)13-8-11-4-2-3-5-15(11)26-18(13)24/h2-10H,1H3,(H,21,22,23). The predicted molar refractivity (Wildman–Crippen MR) is 102 cm³/mol. The van der Waals surface area contributed by atoms with Crippen molar-refractivity contribution in [3.63, 3.8) is 0 Å². The van der Waals surface area contributed by atoms with Gasteiger partial charge in [-0.2, -0.15) is 0 Å². The molecule has 8 heteroatoms. The van der Waals surface area contributed by atoms with Crippen molar-refractivity contribution in [3.8, 4) is 17.1 Å². The SMILES string of the molecule is COc1ccc(C(=O)Nc2nc(-c3cc4ccccc4oc3=O)cs2)cn1. The topological polar surface area (TPSA) is 94.3 Å². The molecule has 3 heterocycles. The minimum atomic E-state index is -0.476. The van der Waals surface area contributed by atoms with Crippen molar-refractivity contribution in [2.45, 2.75) is 0 Å². The Morgan fingerprint density at radius 2 is 2.07 bits per heavy atom. The fourth-order valence-electron chi connectivity index (χ4n) is 2.50. The second-order valence-electron chi connectivity index (χ2n) is 5.57. The van der Waals surface area contributed by atoms with Crippen LogP contribution >= 0.6 is 11.3 Å². The van der Waals surface area contributed by atoms with Gasteiger partial charge in [0.2, 0.25) is 5.88 Å². The Morgan fingerprint density at radius 1 is 1.22 bits per heavy atom. The van der Waals surface area contributed by atoms with Gasteiger partial charge in [-0.3, -0.25) is 10.1 Å². The number of thiazole rings is 1. The van der Waals surface area contributed by atoms with Crippen molar-refractivity contribution in [3.05, 3.63) is 70.0 Å². The molecule has 0 saturated carbocycles. The van der Waals surface area contributed by atoms with Crippen LogP contribution in [0.25, 0.3) is 22.2 Å². The number of fused-ring (bicyclic) bond motifs is 1. The first-order chi connectivity index (χ1) is 13.1. The Balaban J connectivity index is 1.59. The van der Waals surface area contributed by atoms with E-state index in [0.717, 1.165) is 5.39 Å². The summed E-state index contributed by atoms with van der Waals surface area (Å²) in [5.74, 6) is 0.0720. The van der Waals surface area contributed by atoms with Gasteiger partial charge >= 0.3 is 5.63 Å². The van der Waals surface area contributed by atoms with Crippen molar-refractivity contribution in [1.82, 2.24) is 9.97 Å². The third kappa shape index (κ3) is 3.42. The molecule has 1 amide bonds. The normalized spacial score (nSPS) is 10.7. The number of hydrogen-bond acceptors (Lipinski definition) is 7. The highest BCUT2D eigenvalue weighted by Crippen LogP contribution is 2.25. The number of hydrogen-bond donors (Lipinski definition) is 1. The fourth-order valence-corrected chi connectivity index (χ4v) is 3.21. The number of carbonyl (C=O) groups excluding carboxylic acids is 1. The number of benzene rings is 1. The minimum Gasteiger partial charge on any atom is -0.481 e. The molecule has 0 radical (unpaired) electrons. The molecular formula is C19H13N3O4S. The summed E-state index contributed by atoms with van der Waals surface area (Å²) in [7, 11) is 1.50. The Morgan fingerprint density at radius 3 is 2.85 bits per heavy atom. The van der Waals surface area contributed by atoms with E-state index in [0.29, 0.717) is 33.4 Å². The summed E-state index contributed by atoms with van der Waals surface area (Å²) < 4.78 is 10.3. The van der Waals surface area contributed by atoms with Crippen LogP contribution in [0.3, 0.4) is 0 Å². The molecule has 4 rings (SSSR count). The molecule has 0 fully saturated rings. The van der Waals surface area contributed by atoms with Crippen LogP contribution in [0, 0.1) is 0 Å². The number of pyridine rings is 1. The minimum absolute atomic E-state index is 0.344. The molecule has 0 aliphatic rings. The van der Waals surface area contributed by atoms with Crippen molar-refractivity contribution < 1.29 is 13.9 Å². The van der Waals surface area contributed by atoms with E-state index >= 15 is 0 Å². The molecule has 0 bridgehead atoms. The maximum Gasteiger partial charge on any atom is 0.345 e. The number of carbonyl (C=O) groups is 1. The van der Waals surface area contributed by atoms with Crippen LogP contribution in [0.15, 0.2) is 63.3 Å². The molecule has 0 spiro atoms. The van der Waals surface area contributed by atoms with E-state index in [1.807, 2.05) is 12.1 Å². The van der Waals surface area contributed by atoms with Gasteiger partial charge in [-0.05, 0) is 18.2 Å². The average molecular weight is 379 g/mol. The summed E-state index contributed by atoms with van der Waals surface area (Å²) in [5, 5.41) is 5.57. The first kappa shape index (κ1) is 16.9. The number of amides is 1. The third-order valence-electron chi connectivity index (χ3n) is 3.85. The van der Waals surface area contributed by atoms with Crippen molar-refractivity contribution in [2.75, 3.05) is 12.4 Å². The molecule has 1 N–H and O–H groups in total. The Kier molecular flexibility index (Phi) is 4.39. The van der Waals surface area contributed by atoms with Crippen molar-refractivity contribution in [1.29, 1.82) is 0 Å². The molecular weight excluding hydrogens is 366 g/mol. The zero-order chi connectivity index (χ0) is 18.8. The Labute approximate surface area is 157 Å². The molecule has 0 saturated heterocycles. The molecule has 7 nitrogen and oxygen atoms in total. The summed E-state index contributed by atoms with van der Waals surface area (Å²) in [6, 6.07) is 12.2. The van der Waals surface area contributed by atoms with Gasteiger partial charge in [0.25, 0.3) is 5.91 Å². The lowest BCUT2D eigenvalue weighted by atomic mass is 10.1. The summed E-state index contributed by atoms with van der Waals surface area (Å²) in [6.45, 7) is 0. The first-order valence-electron chi connectivity index (χ1n) is 7.94. The summed E-state index contributed by atoms with van der Waals surface area (Å²) >= 11 is 1.22. The second kappa shape index (κ2) is 7.00. The van der Waals surface area contributed by atoms with Gasteiger partial charge in [0.15, 0.2) is 5.13 Å². The summed E-state index contributed by atoms with van der Waals surface area (Å²) in [5.41, 5.74) is 1.20. The summed E-state index contributed by atoms with van der Waals surface area (Å²) in [4.78, 5) is 32.9. The van der Waals surface area contributed by atoms with Gasteiger partial charge in [-0.1, -0.05) is 18.2 Å². The van der Waals surface area contributed by atoms with Crippen LogP contribution in [0.1, 0.15) is 10.4 Å². The zero-order valence-corrected chi connectivity index (χ0v) is 14.9. The van der Waals surface area contributed by atoms with Crippen molar-refractivity contribution >= 4 is 33.3 Å². The van der Waals surface area contributed by atoms with Gasteiger partial charge < -0.3 is 9.15 Å². The van der Waals surface area contributed by atoms with Crippen LogP contribution in [-0.2, 0) is 0 Å². The smallest absolute Gasteiger partial charge is 0.345 e. The molecule has 134 valence electrons. The van der Waals surface area contributed by atoms with Crippen molar-refractivity contribution in [2.24, 2.45) is 0 Å². The maximum atomic E-state index is 12.3. The third-order valence-corrected chi connectivity index (χ3v) is 4.61. The van der Waals surface area contributed by atoms with E-state index < -0.39 is 5.63 Å². The quantitative estimate of drug-likeness (QED) is 0.545. The largest absolute Gasteiger partial charge is 0.481 e. The number of rotatable bonds is 4. The van der Waals surface area contributed by atoms with Crippen LogP contribution in [-0.4, -0.2) is 23.0 Å². The van der Waals surface area contributed by atoms with Gasteiger partial charge in [-0.25, -0.2) is 14.8 Å². The monoisotopic (exact) mass is 379 g/mol. The lowest BCUT2D eigenvalue weighted by molar-refractivity contribution is 0.102. The predicted octanol–water partition coefficient (Wildman–Crippen LogP) is 3.57. The number of ether oxygens (including phenoxy) is 1. The number of anilines is 1. The van der Waals surface area contributed by atoms with Crippen LogP contribution in [0.4, 0.5) is 5.13 Å². The van der Waals surface area contributed by atoms with Gasteiger partial charge in [0, 0.05) is 23.0 Å². The lowest BCUT2D eigenvalue weighted by Gasteiger charge is -2.02. The van der Waals surface area contributed by atoms with E-state index in [2.05, 4.69) is 15.3 Å². The van der Waals surface area contributed by atoms with Gasteiger partial charge in [0.05, 0.1) is 23.9 Å². The average Bonchev–Trinajstić information content (AvgIpc) is 3.15. The van der Waals surface area contributed by atoms with Crippen LogP contribution < -0.4 is 15.7 Å².